The topological polar surface area (TPSA) is 61.9 Å². The zero-order valence-corrected chi connectivity index (χ0v) is 13.2. The van der Waals surface area contributed by atoms with Crippen molar-refractivity contribution in [3.05, 3.63) is 0 Å². The Labute approximate surface area is 122 Å². The summed E-state index contributed by atoms with van der Waals surface area (Å²) >= 11 is 0. The molecule has 20 heavy (non-hydrogen) atoms. The van der Waals surface area contributed by atoms with Gasteiger partial charge in [0.05, 0.1) is 6.61 Å². The summed E-state index contributed by atoms with van der Waals surface area (Å²) in [6.07, 6.45) is 2.86. The first-order chi connectivity index (χ1) is 9.64. The number of hydrogen-bond donors (Lipinski definition) is 1. The van der Waals surface area contributed by atoms with Crippen LogP contribution in [0.25, 0.3) is 0 Å². The summed E-state index contributed by atoms with van der Waals surface area (Å²) < 4.78 is 34.0. The van der Waals surface area contributed by atoms with Crippen molar-refractivity contribution >= 4 is 10.2 Å². The van der Waals surface area contributed by atoms with Crippen LogP contribution in [0.3, 0.4) is 0 Å². The normalized spacial score (nSPS) is 27.4. The summed E-state index contributed by atoms with van der Waals surface area (Å²) in [6, 6.07) is 0. The second-order valence-corrected chi connectivity index (χ2v) is 7.48. The second kappa shape index (κ2) is 7.70. The summed E-state index contributed by atoms with van der Waals surface area (Å²) in [6.45, 7) is 7.46. The Balaban J connectivity index is 1.96. The van der Waals surface area contributed by atoms with E-state index in [9.17, 15) is 8.42 Å². The fourth-order valence-electron chi connectivity index (χ4n) is 2.87. The number of piperidine rings is 1. The molecule has 0 aliphatic carbocycles. The number of rotatable bonds is 5. The van der Waals surface area contributed by atoms with Crippen LogP contribution in [-0.4, -0.2) is 69.5 Å². The van der Waals surface area contributed by atoms with E-state index in [4.69, 9.17) is 4.74 Å². The molecule has 2 aliphatic heterocycles. The van der Waals surface area contributed by atoms with E-state index >= 15 is 0 Å². The summed E-state index contributed by atoms with van der Waals surface area (Å²) in [5, 5.41) is 3.32. The van der Waals surface area contributed by atoms with E-state index in [-0.39, 0.29) is 0 Å². The highest BCUT2D eigenvalue weighted by Gasteiger charge is 2.33. The van der Waals surface area contributed by atoms with Gasteiger partial charge in [-0.2, -0.15) is 17.0 Å². The van der Waals surface area contributed by atoms with Crippen molar-refractivity contribution in [3.8, 4) is 0 Å². The molecule has 1 unspecified atom stereocenters. The molecule has 2 heterocycles. The zero-order valence-electron chi connectivity index (χ0n) is 12.4. The average Bonchev–Trinajstić information content (AvgIpc) is 2.75. The lowest BCUT2D eigenvalue weighted by Crippen LogP contribution is -2.49. The Bertz CT molecular complexity index is 380. The van der Waals surface area contributed by atoms with Gasteiger partial charge in [-0.15, -0.1) is 0 Å². The minimum absolute atomic E-state index is 0.432. The average molecular weight is 305 g/mol. The predicted molar refractivity (Wildman–Crippen MR) is 78.8 cm³/mol. The molecular formula is C13H27N3O3S. The van der Waals surface area contributed by atoms with E-state index in [2.05, 4.69) is 12.2 Å². The van der Waals surface area contributed by atoms with Crippen molar-refractivity contribution in [2.45, 2.75) is 26.2 Å². The molecule has 2 saturated heterocycles. The van der Waals surface area contributed by atoms with Crippen molar-refractivity contribution in [1.29, 1.82) is 0 Å². The fraction of sp³-hybridized carbons (Fsp3) is 1.00. The van der Waals surface area contributed by atoms with Crippen molar-refractivity contribution in [1.82, 2.24) is 13.9 Å². The molecule has 0 spiro atoms. The summed E-state index contributed by atoms with van der Waals surface area (Å²) in [5.41, 5.74) is 0. The lowest BCUT2D eigenvalue weighted by Gasteiger charge is -2.35. The molecule has 118 valence electrons. The number of ether oxygens (including phenoxy) is 1. The van der Waals surface area contributed by atoms with Crippen molar-refractivity contribution in [2.75, 3.05) is 52.5 Å². The van der Waals surface area contributed by atoms with E-state index < -0.39 is 10.2 Å². The molecule has 2 rings (SSSR count). The minimum atomic E-state index is -3.31. The number of nitrogens with zero attached hydrogens (tertiary/aromatic N) is 2. The largest absolute Gasteiger partial charge is 0.380 e. The van der Waals surface area contributed by atoms with Gasteiger partial charge in [-0.1, -0.05) is 6.92 Å². The molecule has 0 amide bonds. The molecule has 6 nitrogen and oxygen atoms in total. The molecule has 0 saturated carbocycles. The summed E-state index contributed by atoms with van der Waals surface area (Å²) in [4.78, 5) is 0. The van der Waals surface area contributed by atoms with Gasteiger partial charge in [0.15, 0.2) is 0 Å². The Morgan fingerprint density at radius 2 is 1.95 bits per heavy atom. The third kappa shape index (κ3) is 4.14. The van der Waals surface area contributed by atoms with E-state index in [1.807, 2.05) is 0 Å². The number of hydrogen-bond acceptors (Lipinski definition) is 4. The molecule has 0 aromatic rings. The van der Waals surface area contributed by atoms with Gasteiger partial charge in [-0.25, -0.2) is 0 Å². The van der Waals surface area contributed by atoms with Gasteiger partial charge in [-0.3, -0.25) is 0 Å². The van der Waals surface area contributed by atoms with Crippen LogP contribution in [0.2, 0.25) is 0 Å². The molecule has 1 atom stereocenters. The fourth-order valence-corrected chi connectivity index (χ4v) is 4.62. The molecular weight excluding hydrogens is 278 g/mol. The Kier molecular flexibility index (Phi) is 6.22. The van der Waals surface area contributed by atoms with E-state index in [0.717, 1.165) is 32.4 Å². The molecule has 0 aromatic heterocycles. The molecule has 2 fully saturated rings. The Hall–Kier alpha value is -0.210. The van der Waals surface area contributed by atoms with Crippen LogP contribution >= 0.6 is 0 Å². The maximum absolute atomic E-state index is 12.7. The lowest BCUT2D eigenvalue weighted by atomic mass is 10.00. The van der Waals surface area contributed by atoms with Gasteiger partial charge in [0.1, 0.15) is 0 Å². The molecule has 1 N–H and O–H groups in total. The summed E-state index contributed by atoms with van der Waals surface area (Å²) in [7, 11) is -3.31. The van der Waals surface area contributed by atoms with E-state index in [1.54, 1.807) is 8.61 Å². The first-order valence-corrected chi connectivity index (χ1v) is 9.08. The summed E-state index contributed by atoms with van der Waals surface area (Å²) in [5.74, 6) is 0.432. The highest BCUT2D eigenvalue weighted by Crippen LogP contribution is 2.21. The van der Waals surface area contributed by atoms with E-state index in [0.29, 0.717) is 45.3 Å². The van der Waals surface area contributed by atoms with Gasteiger partial charge >= 0.3 is 0 Å². The van der Waals surface area contributed by atoms with Crippen molar-refractivity contribution < 1.29 is 13.2 Å². The standard InChI is InChI=1S/C13H27N3O3S/c1-2-14-11-13-5-3-6-16(12-13)20(17,18)15-7-4-9-19-10-8-15/h13-14H,2-12H2,1H3. The SMILES string of the molecule is CCNCC1CCCN(S(=O)(=O)N2CCCOCC2)C1. The van der Waals surface area contributed by atoms with Gasteiger partial charge in [0, 0.05) is 32.8 Å². The van der Waals surface area contributed by atoms with Crippen LogP contribution in [0.4, 0.5) is 0 Å². The van der Waals surface area contributed by atoms with Crippen LogP contribution in [0.5, 0.6) is 0 Å². The second-order valence-electron chi connectivity index (χ2n) is 5.55. The monoisotopic (exact) mass is 305 g/mol. The van der Waals surface area contributed by atoms with E-state index in [1.165, 1.54) is 0 Å². The minimum Gasteiger partial charge on any atom is -0.380 e. The first-order valence-electron chi connectivity index (χ1n) is 7.68. The van der Waals surface area contributed by atoms with Gasteiger partial charge < -0.3 is 10.1 Å². The quantitative estimate of drug-likeness (QED) is 0.792. The van der Waals surface area contributed by atoms with Crippen LogP contribution in [0, 0.1) is 5.92 Å². The van der Waals surface area contributed by atoms with Gasteiger partial charge in [-0.05, 0) is 38.3 Å². The van der Waals surface area contributed by atoms with Crippen LogP contribution in [0.15, 0.2) is 0 Å². The first kappa shape index (κ1) is 16.2. The Morgan fingerprint density at radius 3 is 2.75 bits per heavy atom. The van der Waals surface area contributed by atoms with Crippen molar-refractivity contribution in [3.63, 3.8) is 0 Å². The maximum atomic E-state index is 12.7. The molecule has 2 aliphatic rings. The molecule has 0 bridgehead atoms. The highest BCUT2D eigenvalue weighted by atomic mass is 32.2. The lowest BCUT2D eigenvalue weighted by molar-refractivity contribution is 0.147. The third-order valence-electron chi connectivity index (χ3n) is 4.00. The smallest absolute Gasteiger partial charge is 0.282 e. The Morgan fingerprint density at radius 1 is 1.15 bits per heavy atom. The molecule has 7 heteroatoms. The predicted octanol–water partition coefficient (Wildman–Crippen LogP) is 0.275. The molecule has 0 radical (unpaired) electrons. The van der Waals surface area contributed by atoms with Crippen molar-refractivity contribution in [2.24, 2.45) is 5.92 Å². The van der Waals surface area contributed by atoms with Crippen LogP contribution in [0.1, 0.15) is 26.2 Å². The van der Waals surface area contributed by atoms with Crippen LogP contribution in [-0.2, 0) is 14.9 Å². The zero-order chi connectivity index (χ0) is 14.4. The molecule has 0 aromatic carbocycles. The van der Waals surface area contributed by atoms with Gasteiger partial charge in [0.2, 0.25) is 0 Å². The maximum Gasteiger partial charge on any atom is 0.282 e. The third-order valence-corrected chi connectivity index (χ3v) is 6.00. The van der Waals surface area contributed by atoms with Crippen LogP contribution < -0.4 is 5.32 Å². The van der Waals surface area contributed by atoms with Gasteiger partial charge in [0.25, 0.3) is 10.2 Å². The highest BCUT2D eigenvalue weighted by molar-refractivity contribution is 7.86. The number of nitrogens with one attached hydrogen (secondary N) is 1.